The predicted octanol–water partition coefficient (Wildman–Crippen LogP) is 2.26. The van der Waals surface area contributed by atoms with E-state index in [0.29, 0.717) is 12.5 Å². The molecule has 1 aliphatic rings. The lowest BCUT2D eigenvalue weighted by molar-refractivity contribution is -0.115. The number of carbonyl (C=O) groups is 1. The van der Waals surface area contributed by atoms with Gasteiger partial charge in [-0.05, 0) is 29.5 Å². The van der Waals surface area contributed by atoms with Gasteiger partial charge in [0.2, 0.25) is 0 Å². The SMILES string of the molecule is I.O=C(/C=C/I)C[C@@H]1CCCN1. The van der Waals surface area contributed by atoms with Gasteiger partial charge in [0.1, 0.15) is 0 Å². The Balaban J connectivity index is 0.00000121. The zero-order valence-corrected chi connectivity index (χ0v) is 11.2. The summed E-state index contributed by atoms with van der Waals surface area (Å²) in [4.78, 5) is 11.1. The second-order valence-corrected chi connectivity index (χ2v) is 3.48. The average molecular weight is 393 g/mol. The quantitative estimate of drug-likeness (QED) is 0.589. The van der Waals surface area contributed by atoms with Gasteiger partial charge >= 0.3 is 0 Å². The fourth-order valence-electron chi connectivity index (χ4n) is 1.31. The molecule has 1 saturated heterocycles. The minimum atomic E-state index is 0. The minimum absolute atomic E-state index is 0. The Morgan fingerprint density at radius 3 is 2.92 bits per heavy atom. The lowest BCUT2D eigenvalue weighted by atomic mass is 10.1. The van der Waals surface area contributed by atoms with Gasteiger partial charge in [0.25, 0.3) is 0 Å². The summed E-state index contributed by atoms with van der Waals surface area (Å²) in [5, 5.41) is 3.29. The van der Waals surface area contributed by atoms with Gasteiger partial charge in [-0.15, -0.1) is 24.0 Å². The van der Waals surface area contributed by atoms with Crippen LogP contribution < -0.4 is 5.32 Å². The van der Waals surface area contributed by atoms with Crippen LogP contribution in [0.2, 0.25) is 0 Å². The van der Waals surface area contributed by atoms with E-state index in [1.165, 1.54) is 6.42 Å². The maximum Gasteiger partial charge on any atom is 0.157 e. The van der Waals surface area contributed by atoms with Crippen molar-refractivity contribution in [3.63, 3.8) is 0 Å². The molecule has 1 atom stereocenters. The van der Waals surface area contributed by atoms with Gasteiger partial charge in [0, 0.05) is 12.5 Å². The third-order valence-electron chi connectivity index (χ3n) is 1.86. The zero-order valence-electron chi connectivity index (χ0n) is 6.75. The van der Waals surface area contributed by atoms with Crippen molar-refractivity contribution >= 4 is 52.4 Å². The van der Waals surface area contributed by atoms with Crippen molar-refractivity contribution in [2.24, 2.45) is 0 Å². The van der Waals surface area contributed by atoms with Gasteiger partial charge in [-0.3, -0.25) is 4.79 Å². The maximum atomic E-state index is 11.1. The molecule has 70 valence electrons. The Hall–Kier alpha value is 0.830. The number of hydrogen-bond donors (Lipinski definition) is 1. The lowest BCUT2D eigenvalue weighted by Crippen LogP contribution is -2.23. The fourth-order valence-corrected chi connectivity index (χ4v) is 1.71. The van der Waals surface area contributed by atoms with Gasteiger partial charge in [0.15, 0.2) is 5.78 Å². The van der Waals surface area contributed by atoms with Crippen LogP contribution in [0.4, 0.5) is 0 Å². The van der Waals surface area contributed by atoms with Crippen molar-refractivity contribution < 1.29 is 4.79 Å². The van der Waals surface area contributed by atoms with Crippen LogP contribution in [0.25, 0.3) is 0 Å². The first-order chi connectivity index (χ1) is 5.33. The van der Waals surface area contributed by atoms with Gasteiger partial charge in [-0.1, -0.05) is 22.6 Å². The van der Waals surface area contributed by atoms with Crippen LogP contribution in [0, 0.1) is 0 Å². The Morgan fingerprint density at radius 1 is 1.67 bits per heavy atom. The molecule has 1 heterocycles. The summed E-state index contributed by atoms with van der Waals surface area (Å²) in [7, 11) is 0. The number of rotatable bonds is 3. The fraction of sp³-hybridized carbons (Fsp3) is 0.625. The first kappa shape index (κ1) is 12.8. The molecular weight excluding hydrogens is 380 g/mol. The highest BCUT2D eigenvalue weighted by Crippen LogP contribution is 2.09. The van der Waals surface area contributed by atoms with Gasteiger partial charge in [-0.25, -0.2) is 0 Å². The van der Waals surface area contributed by atoms with Gasteiger partial charge in [0.05, 0.1) is 0 Å². The molecular formula is C8H13I2NO. The molecule has 4 heteroatoms. The summed E-state index contributed by atoms with van der Waals surface area (Å²) < 4.78 is 1.77. The summed E-state index contributed by atoms with van der Waals surface area (Å²) >= 11 is 2.07. The Labute approximate surface area is 104 Å². The summed E-state index contributed by atoms with van der Waals surface area (Å²) in [5.41, 5.74) is 0. The molecule has 0 aromatic heterocycles. The molecule has 0 radical (unpaired) electrons. The molecule has 0 aliphatic carbocycles. The summed E-state index contributed by atoms with van der Waals surface area (Å²) in [5.74, 6) is 0.235. The average Bonchev–Trinajstić information content (AvgIpc) is 2.40. The Kier molecular flexibility index (Phi) is 7.76. The van der Waals surface area contributed by atoms with Gasteiger partial charge in [-0.2, -0.15) is 0 Å². The van der Waals surface area contributed by atoms with Crippen LogP contribution in [-0.2, 0) is 4.79 Å². The second-order valence-electron chi connectivity index (χ2n) is 2.76. The van der Waals surface area contributed by atoms with E-state index < -0.39 is 0 Å². The molecule has 2 nitrogen and oxygen atoms in total. The molecule has 0 spiro atoms. The van der Waals surface area contributed by atoms with Crippen LogP contribution in [0.1, 0.15) is 19.3 Å². The zero-order chi connectivity index (χ0) is 8.10. The molecule has 1 N–H and O–H groups in total. The third kappa shape index (κ3) is 4.76. The van der Waals surface area contributed by atoms with Crippen molar-refractivity contribution in [2.45, 2.75) is 25.3 Å². The first-order valence-electron chi connectivity index (χ1n) is 3.86. The number of halogens is 2. The molecule has 0 saturated carbocycles. The monoisotopic (exact) mass is 393 g/mol. The summed E-state index contributed by atoms with van der Waals surface area (Å²) in [6.45, 7) is 1.08. The highest BCUT2D eigenvalue weighted by molar-refractivity contribution is 14.1. The highest BCUT2D eigenvalue weighted by Gasteiger charge is 2.15. The van der Waals surface area contributed by atoms with Crippen LogP contribution in [0.15, 0.2) is 10.2 Å². The van der Waals surface area contributed by atoms with Crippen molar-refractivity contribution in [3.05, 3.63) is 10.2 Å². The van der Waals surface area contributed by atoms with Crippen LogP contribution >= 0.6 is 46.6 Å². The van der Waals surface area contributed by atoms with E-state index in [2.05, 4.69) is 27.9 Å². The van der Waals surface area contributed by atoms with E-state index in [1.807, 2.05) is 0 Å². The number of carbonyl (C=O) groups excluding carboxylic acids is 1. The molecule has 1 fully saturated rings. The van der Waals surface area contributed by atoms with Crippen molar-refractivity contribution in [2.75, 3.05) is 6.54 Å². The molecule has 12 heavy (non-hydrogen) atoms. The van der Waals surface area contributed by atoms with E-state index >= 15 is 0 Å². The van der Waals surface area contributed by atoms with E-state index in [9.17, 15) is 4.79 Å². The smallest absolute Gasteiger partial charge is 0.157 e. The molecule has 0 amide bonds. The maximum absolute atomic E-state index is 11.1. The molecule has 1 aliphatic heterocycles. The summed E-state index contributed by atoms with van der Waals surface area (Å²) in [6.07, 6.45) is 4.67. The molecule has 1 rings (SSSR count). The van der Waals surface area contributed by atoms with E-state index in [0.717, 1.165) is 13.0 Å². The third-order valence-corrected chi connectivity index (χ3v) is 2.22. The standard InChI is InChI=1S/C8H12INO.HI/c9-4-3-8(11)6-7-2-1-5-10-7;/h3-4,7,10H,1-2,5-6H2;1H/b4-3+;/t7-;/m0./s1. The molecule has 0 aromatic carbocycles. The van der Waals surface area contributed by atoms with E-state index in [4.69, 9.17) is 0 Å². The normalized spacial score (nSPS) is 22.6. The van der Waals surface area contributed by atoms with Crippen LogP contribution in [-0.4, -0.2) is 18.4 Å². The molecule has 0 bridgehead atoms. The van der Waals surface area contributed by atoms with Gasteiger partial charge < -0.3 is 5.32 Å². The van der Waals surface area contributed by atoms with E-state index in [1.54, 1.807) is 10.2 Å². The lowest BCUT2D eigenvalue weighted by Gasteiger charge is -2.05. The van der Waals surface area contributed by atoms with Crippen LogP contribution in [0.3, 0.4) is 0 Å². The topological polar surface area (TPSA) is 29.1 Å². The highest BCUT2D eigenvalue weighted by atomic mass is 127. The second kappa shape index (κ2) is 7.25. The predicted molar refractivity (Wildman–Crippen MR) is 69.2 cm³/mol. The van der Waals surface area contributed by atoms with Crippen molar-refractivity contribution in [1.82, 2.24) is 5.32 Å². The van der Waals surface area contributed by atoms with E-state index in [-0.39, 0.29) is 29.8 Å². The Bertz CT molecular complexity index is 164. The Morgan fingerprint density at radius 2 is 2.42 bits per heavy atom. The number of allylic oxidation sites excluding steroid dienone is 1. The number of nitrogens with one attached hydrogen (secondary N) is 1. The largest absolute Gasteiger partial charge is 0.314 e. The molecule has 0 aromatic rings. The minimum Gasteiger partial charge on any atom is -0.314 e. The van der Waals surface area contributed by atoms with Crippen molar-refractivity contribution in [3.8, 4) is 0 Å². The number of ketones is 1. The van der Waals surface area contributed by atoms with Crippen LogP contribution in [0.5, 0.6) is 0 Å². The first-order valence-corrected chi connectivity index (χ1v) is 5.10. The molecule has 0 unspecified atom stereocenters. The van der Waals surface area contributed by atoms with Crippen molar-refractivity contribution in [1.29, 1.82) is 0 Å². The number of hydrogen-bond acceptors (Lipinski definition) is 2. The summed E-state index contributed by atoms with van der Waals surface area (Å²) in [6, 6.07) is 0.440.